The Morgan fingerprint density at radius 1 is 1.26 bits per heavy atom. The highest BCUT2D eigenvalue weighted by Gasteiger charge is 1.98. The Labute approximate surface area is 138 Å². The molecule has 1 aromatic carbocycles. The second-order valence-electron chi connectivity index (χ2n) is 5.74. The van der Waals surface area contributed by atoms with E-state index in [1.807, 2.05) is 12.5 Å². The predicted octanol–water partition coefficient (Wildman–Crippen LogP) is 2.92. The van der Waals surface area contributed by atoms with Gasteiger partial charge in [0.1, 0.15) is 0 Å². The van der Waals surface area contributed by atoms with Gasteiger partial charge >= 0.3 is 0 Å². The van der Waals surface area contributed by atoms with Crippen LogP contribution in [0.15, 0.2) is 48.0 Å². The van der Waals surface area contributed by atoms with E-state index in [1.165, 1.54) is 30.4 Å². The Kier molecular flexibility index (Phi) is 7.17. The lowest BCUT2D eigenvalue weighted by molar-refractivity contribution is 0.652. The number of aliphatic imine (C=N–C) groups is 1. The minimum absolute atomic E-state index is 0.529. The summed E-state index contributed by atoms with van der Waals surface area (Å²) < 4.78 is 2.05. The summed E-state index contributed by atoms with van der Waals surface area (Å²) >= 11 is 0. The number of hydrogen-bond donors (Lipinski definition) is 2. The molecule has 0 unspecified atom stereocenters. The van der Waals surface area contributed by atoms with E-state index < -0.39 is 0 Å². The molecule has 5 heteroatoms. The summed E-state index contributed by atoms with van der Waals surface area (Å²) in [6.07, 6.45) is 10.5. The van der Waals surface area contributed by atoms with Crippen molar-refractivity contribution < 1.29 is 0 Å². The van der Waals surface area contributed by atoms with Crippen LogP contribution >= 0.6 is 0 Å². The van der Waals surface area contributed by atoms with Crippen LogP contribution in [0.2, 0.25) is 0 Å². The number of nitrogens with zero attached hydrogens (tertiary/aromatic N) is 3. The zero-order valence-corrected chi connectivity index (χ0v) is 13.9. The van der Waals surface area contributed by atoms with Gasteiger partial charge < -0.3 is 15.6 Å². The van der Waals surface area contributed by atoms with E-state index in [2.05, 4.69) is 51.0 Å². The number of hydrogen-bond acceptors (Lipinski definition) is 2. The molecule has 3 N–H and O–H groups in total. The lowest BCUT2D eigenvalue weighted by Gasteiger charge is -2.07. The number of guanidine groups is 1. The summed E-state index contributed by atoms with van der Waals surface area (Å²) in [5.41, 5.74) is 8.31. The van der Waals surface area contributed by atoms with Crippen molar-refractivity contribution in [3.05, 3.63) is 54.1 Å². The van der Waals surface area contributed by atoms with Crippen molar-refractivity contribution in [2.45, 2.75) is 45.7 Å². The molecule has 0 radical (unpaired) electrons. The van der Waals surface area contributed by atoms with E-state index in [1.54, 1.807) is 6.20 Å². The van der Waals surface area contributed by atoms with Crippen LogP contribution in [0, 0.1) is 0 Å². The minimum atomic E-state index is 0.529. The Hall–Kier alpha value is -2.30. The van der Waals surface area contributed by atoms with Gasteiger partial charge in [-0.05, 0) is 17.5 Å². The zero-order chi connectivity index (χ0) is 16.3. The second-order valence-corrected chi connectivity index (χ2v) is 5.74. The molecule has 0 saturated heterocycles. The standard InChI is InChI=1S/C18H27N5/c1-2-3-4-5-9-21-18(19)22-13-16-7-6-8-17(12-16)14-23-11-10-20-15-23/h6-8,10-12,15H,2-5,9,13-14H2,1H3,(H3,19,21,22). The van der Waals surface area contributed by atoms with Gasteiger partial charge in [0.05, 0.1) is 12.9 Å². The smallest absolute Gasteiger partial charge is 0.188 e. The third kappa shape index (κ3) is 6.55. The summed E-state index contributed by atoms with van der Waals surface area (Å²) in [5, 5.41) is 3.18. The highest BCUT2D eigenvalue weighted by atomic mass is 15.1. The molecular weight excluding hydrogens is 286 g/mol. The van der Waals surface area contributed by atoms with Crippen molar-refractivity contribution in [3.8, 4) is 0 Å². The fourth-order valence-corrected chi connectivity index (χ4v) is 2.42. The first-order valence-corrected chi connectivity index (χ1v) is 8.35. The van der Waals surface area contributed by atoms with Crippen molar-refractivity contribution in [2.75, 3.05) is 6.54 Å². The van der Waals surface area contributed by atoms with Crippen molar-refractivity contribution in [2.24, 2.45) is 10.7 Å². The van der Waals surface area contributed by atoms with E-state index in [-0.39, 0.29) is 0 Å². The fourth-order valence-electron chi connectivity index (χ4n) is 2.42. The molecule has 0 fully saturated rings. The van der Waals surface area contributed by atoms with Gasteiger partial charge in [-0.3, -0.25) is 0 Å². The molecule has 124 valence electrons. The molecule has 1 heterocycles. The largest absolute Gasteiger partial charge is 0.370 e. The molecule has 0 aliphatic carbocycles. The van der Waals surface area contributed by atoms with E-state index in [0.717, 1.165) is 19.5 Å². The Morgan fingerprint density at radius 2 is 2.13 bits per heavy atom. The molecule has 0 spiro atoms. The molecule has 0 saturated carbocycles. The highest BCUT2D eigenvalue weighted by molar-refractivity contribution is 5.77. The topological polar surface area (TPSA) is 68.2 Å². The van der Waals surface area contributed by atoms with Crippen LogP contribution in [0.25, 0.3) is 0 Å². The van der Waals surface area contributed by atoms with Gasteiger partial charge in [-0.15, -0.1) is 0 Å². The Bertz CT molecular complexity index is 589. The molecular formula is C18H27N5. The van der Waals surface area contributed by atoms with Crippen LogP contribution in [0.4, 0.5) is 0 Å². The van der Waals surface area contributed by atoms with Crippen LogP contribution in [0.1, 0.15) is 43.7 Å². The SMILES string of the molecule is CCCCCCNC(N)=NCc1cccc(Cn2ccnc2)c1. The summed E-state index contributed by atoms with van der Waals surface area (Å²) in [6.45, 7) is 4.54. The zero-order valence-electron chi connectivity index (χ0n) is 13.9. The van der Waals surface area contributed by atoms with E-state index in [4.69, 9.17) is 5.73 Å². The molecule has 0 aliphatic rings. The highest BCUT2D eigenvalue weighted by Crippen LogP contribution is 2.08. The molecule has 2 aromatic rings. The minimum Gasteiger partial charge on any atom is -0.370 e. The maximum absolute atomic E-state index is 5.91. The van der Waals surface area contributed by atoms with E-state index in [9.17, 15) is 0 Å². The quantitative estimate of drug-likeness (QED) is 0.425. The number of nitrogens with one attached hydrogen (secondary N) is 1. The average molecular weight is 313 g/mol. The van der Waals surface area contributed by atoms with Crippen molar-refractivity contribution in [1.29, 1.82) is 0 Å². The molecule has 23 heavy (non-hydrogen) atoms. The van der Waals surface area contributed by atoms with Gasteiger partial charge in [-0.1, -0.05) is 50.5 Å². The van der Waals surface area contributed by atoms with Crippen LogP contribution in [0.5, 0.6) is 0 Å². The van der Waals surface area contributed by atoms with E-state index >= 15 is 0 Å². The summed E-state index contributed by atoms with van der Waals surface area (Å²) in [7, 11) is 0. The first-order valence-electron chi connectivity index (χ1n) is 8.35. The van der Waals surface area contributed by atoms with Crippen molar-refractivity contribution >= 4 is 5.96 Å². The van der Waals surface area contributed by atoms with Crippen molar-refractivity contribution in [1.82, 2.24) is 14.9 Å². The van der Waals surface area contributed by atoms with Crippen LogP contribution < -0.4 is 11.1 Å². The Balaban J connectivity index is 1.79. The monoisotopic (exact) mass is 313 g/mol. The van der Waals surface area contributed by atoms with E-state index in [0.29, 0.717) is 12.5 Å². The van der Waals surface area contributed by atoms with Gasteiger partial charge in [0, 0.05) is 25.5 Å². The lowest BCUT2D eigenvalue weighted by Crippen LogP contribution is -2.32. The third-order valence-corrected chi connectivity index (χ3v) is 3.68. The Morgan fingerprint density at radius 3 is 2.91 bits per heavy atom. The van der Waals surface area contributed by atoms with Crippen LogP contribution in [-0.2, 0) is 13.1 Å². The van der Waals surface area contributed by atoms with Gasteiger partial charge in [0.15, 0.2) is 5.96 Å². The predicted molar refractivity (Wildman–Crippen MR) is 95.2 cm³/mol. The third-order valence-electron chi connectivity index (χ3n) is 3.68. The van der Waals surface area contributed by atoms with Gasteiger partial charge in [0.2, 0.25) is 0 Å². The maximum Gasteiger partial charge on any atom is 0.188 e. The number of rotatable bonds is 9. The molecule has 1 aromatic heterocycles. The van der Waals surface area contributed by atoms with Crippen LogP contribution in [0.3, 0.4) is 0 Å². The maximum atomic E-state index is 5.91. The van der Waals surface area contributed by atoms with Gasteiger partial charge in [0.25, 0.3) is 0 Å². The molecule has 0 aliphatic heterocycles. The first-order chi connectivity index (χ1) is 11.3. The molecule has 0 amide bonds. The number of imidazole rings is 1. The van der Waals surface area contributed by atoms with Gasteiger partial charge in [-0.25, -0.2) is 9.98 Å². The number of benzene rings is 1. The number of aromatic nitrogens is 2. The molecule has 5 nitrogen and oxygen atoms in total. The summed E-state index contributed by atoms with van der Waals surface area (Å²) in [5.74, 6) is 0.529. The first kappa shape index (κ1) is 17.1. The van der Waals surface area contributed by atoms with Crippen molar-refractivity contribution in [3.63, 3.8) is 0 Å². The van der Waals surface area contributed by atoms with Gasteiger partial charge in [-0.2, -0.15) is 0 Å². The molecule has 0 atom stereocenters. The summed E-state index contributed by atoms with van der Waals surface area (Å²) in [6, 6.07) is 8.42. The fraction of sp³-hybridized carbons (Fsp3) is 0.444. The lowest BCUT2D eigenvalue weighted by atomic mass is 10.1. The second kappa shape index (κ2) is 9.66. The normalized spacial score (nSPS) is 11.6. The molecule has 2 rings (SSSR count). The summed E-state index contributed by atoms with van der Waals surface area (Å²) in [4.78, 5) is 8.48. The number of unbranched alkanes of at least 4 members (excludes halogenated alkanes) is 3. The van der Waals surface area contributed by atoms with Crippen LogP contribution in [-0.4, -0.2) is 22.1 Å². The average Bonchev–Trinajstić information content (AvgIpc) is 3.06. The molecule has 0 bridgehead atoms. The number of nitrogens with two attached hydrogens (primary N) is 1.